The third-order valence-electron chi connectivity index (χ3n) is 8.86. The van der Waals surface area contributed by atoms with Gasteiger partial charge in [-0.15, -0.1) is 6.58 Å². The summed E-state index contributed by atoms with van der Waals surface area (Å²) in [5.74, 6) is 3.45. The molecule has 1 N–H and O–H groups in total. The Labute approximate surface area is 290 Å². The minimum atomic E-state index is -0.900. The number of benzene rings is 5. The molecular weight excluding hydrogens is 636 g/mol. The molecule has 0 aliphatic carbocycles. The highest BCUT2D eigenvalue weighted by Crippen LogP contribution is 2.47. The van der Waals surface area contributed by atoms with Crippen LogP contribution in [0.5, 0.6) is 28.7 Å². The minimum absolute atomic E-state index is 0.00393. The predicted molar refractivity (Wildman–Crippen MR) is 190 cm³/mol. The van der Waals surface area contributed by atoms with Crippen LogP contribution in [0.3, 0.4) is 0 Å². The molecule has 9 nitrogen and oxygen atoms in total. The highest BCUT2D eigenvalue weighted by Gasteiger charge is 2.27. The van der Waals surface area contributed by atoms with Crippen LogP contribution in [0.2, 0.25) is 0 Å². The van der Waals surface area contributed by atoms with Crippen molar-refractivity contribution in [1.82, 2.24) is 0 Å². The van der Waals surface area contributed by atoms with Gasteiger partial charge in [0.25, 0.3) is 0 Å². The summed E-state index contributed by atoms with van der Waals surface area (Å²) in [7, 11) is 0. The molecule has 0 spiro atoms. The van der Waals surface area contributed by atoms with Crippen LogP contribution in [0, 0.1) is 0 Å². The van der Waals surface area contributed by atoms with E-state index in [-0.39, 0.29) is 31.5 Å². The second kappa shape index (κ2) is 14.6. The lowest BCUT2D eigenvalue weighted by atomic mass is 9.92. The molecule has 3 aliphatic rings. The van der Waals surface area contributed by atoms with Crippen LogP contribution in [-0.2, 0) is 20.6 Å². The lowest BCUT2D eigenvalue weighted by Crippen LogP contribution is -2.25. The fourth-order valence-electron chi connectivity index (χ4n) is 5.94. The molecule has 3 saturated heterocycles. The quantitative estimate of drug-likeness (QED) is 0.0819. The van der Waals surface area contributed by atoms with Crippen LogP contribution >= 0.6 is 0 Å². The van der Waals surface area contributed by atoms with E-state index in [2.05, 4.69) is 18.7 Å². The van der Waals surface area contributed by atoms with E-state index < -0.39 is 6.10 Å². The molecule has 4 unspecified atom stereocenters. The number of para-hydroxylation sites is 1. The largest absolute Gasteiger partial charge is 0.491 e. The van der Waals surface area contributed by atoms with Gasteiger partial charge in [-0.05, 0) is 76.0 Å². The maximum absolute atomic E-state index is 11.1. The Kier molecular flexibility index (Phi) is 9.45. The topological polar surface area (TPSA) is 104 Å². The Morgan fingerprint density at radius 1 is 0.620 bits per heavy atom. The number of epoxide rings is 3. The lowest BCUT2D eigenvalue weighted by Gasteiger charge is -2.21. The highest BCUT2D eigenvalue weighted by molar-refractivity contribution is 6.10. The smallest absolute Gasteiger partial charge is 0.128 e. The monoisotopic (exact) mass is 676 g/mol. The molecule has 5 aromatic carbocycles. The van der Waals surface area contributed by atoms with Crippen molar-refractivity contribution in [3.63, 3.8) is 0 Å². The maximum Gasteiger partial charge on any atom is 0.128 e. The van der Waals surface area contributed by atoms with Crippen LogP contribution in [-0.4, -0.2) is 82.4 Å². The van der Waals surface area contributed by atoms with Gasteiger partial charge in [-0.25, -0.2) is 0 Å². The van der Waals surface area contributed by atoms with Crippen molar-refractivity contribution < 1.29 is 43.0 Å². The molecule has 3 fully saturated rings. The van der Waals surface area contributed by atoms with Gasteiger partial charge in [-0.1, -0.05) is 48.5 Å². The van der Waals surface area contributed by atoms with Gasteiger partial charge in [0, 0.05) is 11.1 Å². The van der Waals surface area contributed by atoms with Gasteiger partial charge >= 0.3 is 0 Å². The number of hydrogen-bond donors (Lipinski definition) is 1. The Balaban J connectivity index is 1.18. The van der Waals surface area contributed by atoms with Crippen molar-refractivity contribution in [1.29, 1.82) is 0 Å². The van der Waals surface area contributed by atoms with Crippen molar-refractivity contribution in [2.24, 2.45) is 0 Å². The molecule has 5 aromatic rings. The average molecular weight is 677 g/mol. The third kappa shape index (κ3) is 7.82. The zero-order chi connectivity index (χ0) is 33.9. The Morgan fingerprint density at radius 2 is 1.10 bits per heavy atom. The summed E-state index contributed by atoms with van der Waals surface area (Å²) < 4.78 is 47.5. The summed E-state index contributed by atoms with van der Waals surface area (Å²) in [6.07, 6.45) is 1.91. The normalized spacial score (nSPS) is 19.5. The van der Waals surface area contributed by atoms with E-state index in [1.807, 2.05) is 78.9 Å². The number of hydrogen-bond acceptors (Lipinski definition) is 9. The molecule has 8 rings (SSSR count). The van der Waals surface area contributed by atoms with Gasteiger partial charge in [0.1, 0.15) is 86.2 Å². The van der Waals surface area contributed by atoms with Crippen LogP contribution in [0.15, 0.2) is 97.6 Å². The second-order valence-corrected chi connectivity index (χ2v) is 12.8. The van der Waals surface area contributed by atoms with Gasteiger partial charge < -0.3 is 43.0 Å². The van der Waals surface area contributed by atoms with E-state index in [0.717, 1.165) is 49.7 Å². The first kappa shape index (κ1) is 32.4. The molecule has 3 aliphatic heterocycles. The van der Waals surface area contributed by atoms with Crippen molar-refractivity contribution in [3.05, 3.63) is 103 Å². The zero-order valence-electron chi connectivity index (χ0n) is 27.8. The number of aliphatic hydroxyl groups is 1. The average Bonchev–Trinajstić information content (AvgIpc) is 3.99. The van der Waals surface area contributed by atoms with Gasteiger partial charge in [0.15, 0.2) is 0 Å². The molecule has 0 aromatic heterocycles. The standard InChI is InChI=1S/C41H40O9/c1-2-5-28-6-3-4-7-37(28)48-18-29(42)19-49-38-14-10-26-8-12-30(43-20-32-22-45-32)16-35(26)40(38)41-36-17-31(44-21-33-23-46-33)13-9-27(36)11-15-39(41)50-25-34-24-47-34/h2-4,6-17,29,32-34,42H,1,5,18-25H2. The first-order valence-electron chi connectivity index (χ1n) is 17.1. The number of aliphatic hydroxyl groups excluding tert-OH is 1. The van der Waals surface area contributed by atoms with Crippen LogP contribution in [0.4, 0.5) is 0 Å². The van der Waals surface area contributed by atoms with Gasteiger partial charge in [0.2, 0.25) is 0 Å². The molecule has 0 saturated carbocycles. The summed E-state index contributed by atoms with van der Waals surface area (Å²) in [6, 6.07) is 27.9. The zero-order valence-corrected chi connectivity index (χ0v) is 27.8. The van der Waals surface area contributed by atoms with E-state index >= 15 is 0 Å². The second-order valence-electron chi connectivity index (χ2n) is 12.8. The fourth-order valence-corrected chi connectivity index (χ4v) is 5.94. The van der Waals surface area contributed by atoms with Gasteiger partial charge in [0.05, 0.1) is 19.8 Å². The molecule has 4 atom stereocenters. The minimum Gasteiger partial charge on any atom is -0.491 e. The summed E-state index contributed by atoms with van der Waals surface area (Å²) in [5, 5.41) is 15.0. The number of rotatable bonds is 18. The Hall–Kier alpha value is -4.80. The van der Waals surface area contributed by atoms with E-state index in [0.29, 0.717) is 63.3 Å². The molecule has 258 valence electrons. The molecule has 0 amide bonds. The SMILES string of the molecule is C=CCc1ccccc1OCC(O)COc1ccc2ccc(OCC3CO3)cc2c1-c1c(OCC2CO2)ccc2ccc(OCC3CO3)cc12. The number of ether oxygens (including phenoxy) is 8. The van der Waals surface area contributed by atoms with Gasteiger partial charge in [-0.2, -0.15) is 0 Å². The highest BCUT2D eigenvalue weighted by atomic mass is 16.6. The van der Waals surface area contributed by atoms with Crippen LogP contribution < -0.4 is 23.7 Å². The van der Waals surface area contributed by atoms with E-state index in [4.69, 9.17) is 37.9 Å². The maximum atomic E-state index is 11.1. The Morgan fingerprint density at radius 3 is 1.64 bits per heavy atom. The molecule has 3 heterocycles. The van der Waals surface area contributed by atoms with Crippen LogP contribution in [0.25, 0.3) is 32.7 Å². The number of allylic oxidation sites excluding steroid dienone is 1. The third-order valence-corrected chi connectivity index (χ3v) is 8.86. The first-order chi connectivity index (χ1) is 24.6. The fraction of sp³-hybridized carbons (Fsp3) is 0.317. The summed E-state index contributed by atoms with van der Waals surface area (Å²) >= 11 is 0. The summed E-state index contributed by atoms with van der Waals surface area (Å²) in [4.78, 5) is 0. The van der Waals surface area contributed by atoms with E-state index in [1.165, 1.54) is 0 Å². The number of fused-ring (bicyclic) bond motifs is 2. The molecular formula is C41H40O9. The Bertz CT molecular complexity index is 1970. The predicted octanol–water partition coefficient (Wildman–Crippen LogP) is 6.54. The molecule has 9 heteroatoms. The van der Waals surface area contributed by atoms with Crippen molar-refractivity contribution in [2.75, 3.05) is 52.9 Å². The molecule has 0 radical (unpaired) electrons. The van der Waals surface area contributed by atoms with Crippen molar-refractivity contribution in [2.45, 2.75) is 30.8 Å². The van der Waals surface area contributed by atoms with Crippen LogP contribution in [0.1, 0.15) is 5.56 Å². The van der Waals surface area contributed by atoms with Gasteiger partial charge in [-0.3, -0.25) is 0 Å². The molecule has 50 heavy (non-hydrogen) atoms. The van der Waals surface area contributed by atoms with E-state index in [9.17, 15) is 5.11 Å². The first-order valence-corrected chi connectivity index (χ1v) is 17.1. The molecule has 0 bridgehead atoms. The lowest BCUT2D eigenvalue weighted by molar-refractivity contribution is 0.0626. The summed E-state index contributed by atoms with van der Waals surface area (Å²) in [6.45, 7) is 7.40. The van der Waals surface area contributed by atoms with Crippen molar-refractivity contribution >= 4 is 21.5 Å². The van der Waals surface area contributed by atoms with Crippen molar-refractivity contribution in [3.8, 4) is 39.9 Å². The summed E-state index contributed by atoms with van der Waals surface area (Å²) in [5.41, 5.74) is 2.68. The van der Waals surface area contributed by atoms with E-state index in [1.54, 1.807) is 0 Å².